The van der Waals surface area contributed by atoms with Crippen LogP contribution in [0.3, 0.4) is 0 Å². The predicted molar refractivity (Wildman–Crippen MR) is 74.0 cm³/mol. The van der Waals surface area contributed by atoms with Gasteiger partial charge in [-0.15, -0.1) is 0 Å². The first kappa shape index (κ1) is 16.6. The van der Waals surface area contributed by atoms with Crippen LogP contribution in [0.4, 0.5) is 0 Å². The zero-order valence-corrected chi connectivity index (χ0v) is 13.2. The third-order valence-electron chi connectivity index (χ3n) is 2.89. The summed E-state index contributed by atoms with van der Waals surface area (Å²) < 4.78 is 26.7. The Kier molecular flexibility index (Phi) is 4.60. The van der Waals surface area contributed by atoms with E-state index in [0.29, 0.717) is 11.4 Å². The second kappa shape index (κ2) is 5.53. The summed E-state index contributed by atoms with van der Waals surface area (Å²) in [5.74, 6) is -1.03. The van der Waals surface area contributed by atoms with Crippen LogP contribution in [0.5, 0.6) is 0 Å². The van der Waals surface area contributed by atoms with E-state index < -0.39 is 21.5 Å². The molecule has 0 aliphatic heterocycles. The number of aromatic nitrogens is 2. The van der Waals surface area contributed by atoms with Crippen molar-refractivity contribution in [2.24, 2.45) is 0 Å². The highest BCUT2D eigenvalue weighted by atomic mass is 32.2. The van der Waals surface area contributed by atoms with E-state index in [0.717, 1.165) is 0 Å². The zero-order chi connectivity index (χ0) is 15.7. The number of nitrogens with zero attached hydrogens (tertiary/aromatic N) is 2. The molecule has 0 aliphatic rings. The Morgan fingerprint density at radius 3 is 2.25 bits per heavy atom. The topological polar surface area (TPSA) is 103 Å². The molecule has 1 aromatic heterocycles. The number of carboxylic acid groups (broad SMARTS) is 1. The summed E-state index contributed by atoms with van der Waals surface area (Å²) >= 11 is 0. The van der Waals surface area contributed by atoms with Gasteiger partial charge < -0.3 is 5.11 Å². The van der Waals surface area contributed by atoms with Crippen LogP contribution in [0.2, 0.25) is 0 Å². The number of hydrogen-bond acceptors (Lipinski definition) is 4. The van der Waals surface area contributed by atoms with E-state index in [-0.39, 0.29) is 17.9 Å². The largest absolute Gasteiger partial charge is 0.481 e. The molecule has 1 aromatic rings. The van der Waals surface area contributed by atoms with Gasteiger partial charge in [0.05, 0.1) is 17.8 Å². The molecule has 0 saturated heterocycles. The lowest BCUT2D eigenvalue weighted by Crippen LogP contribution is -2.46. The van der Waals surface area contributed by atoms with Crippen molar-refractivity contribution >= 4 is 16.0 Å². The standard InChI is InChI=1S/C12H21N3O4S/c1-8-11(9(2)14-13-8)20(18,19)15(12(3,4)5)7-6-10(16)17/h6-7H2,1-5H3,(H,13,14)(H,16,17). The molecule has 0 spiro atoms. The molecular formula is C12H21N3O4S. The van der Waals surface area contributed by atoms with Gasteiger partial charge in [0, 0.05) is 12.1 Å². The molecule has 0 amide bonds. The average molecular weight is 303 g/mol. The Morgan fingerprint density at radius 1 is 1.35 bits per heavy atom. The monoisotopic (exact) mass is 303 g/mol. The third-order valence-corrected chi connectivity index (χ3v) is 5.31. The molecule has 114 valence electrons. The third kappa shape index (κ3) is 3.37. The van der Waals surface area contributed by atoms with Gasteiger partial charge in [-0.2, -0.15) is 9.40 Å². The molecule has 2 N–H and O–H groups in total. The molecule has 0 fully saturated rings. The van der Waals surface area contributed by atoms with Crippen molar-refractivity contribution in [3.05, 3.63) is 11.4 Å². The first-order valence-corrected chi connectivity index (χ1v) is 7.68. The number of aryl methyl sites for hydroxylation is 2. The fraction of sp³-hybridized carbons (Fsp3) is 0.667. The van der Waals surface area contributed by atoms with Crippen LogP contribution in [-0.4, -0.2) is 46.1 Å². The maximum Gasteiger partial charge on any atom is 0.304 e. The van der Waals surface area contributed by atoms with Gasteiger partial charge in [-0.05, 0) is 34.6 Å². The molecule has 1 heterocycles. The van der Waals surface area contributed by atoms with E-state index in [4.69, 9.17) is 5.11 Å². The van der Waals surface area contributed by atoms with Crippen LogP contribution < -0.4 is 0 Å². The van der Waals surface area contributed by atoms with E-state index in [2.05, 4.69) is 10.2 Å². The predicted octanol–water partition coefficient (Wildman–Crippen LogP) is 1.29. The van der Waals surface area contributed by atoms with Crippen LogP contribution in [0.1, 0.15) is 38.6 Å². The van der Waals surface area contributed by atoms with Crippen LogP contribution >= 0.6 is 0 Å². The Morgan fingerprint density at radius 2 is 1.90 bits per heavy atom. The summed E-state index contributed by atoms with van der Waals surface area (Å²) in [5, 5.41) is 15.3. The average Bonchev–Trinajstić information content (AvgIpc) is 2.55. The Bertz CT molecular complexity index is 579. The van der Waals surface area contributed by atoms with E-state index in [1.165, 1.54) is 4.31 Å². The van der Waals surface area contributed by atoms with Gasteiger partial charge in [-0.1, -0.05) is 0 Å². The van der Waals surface area contributed by atoms with Crippen molar-refractivity contribution in [1.82, 2.24) is 14.5 Å². The van der Waals surface area contributed by atoms with Crippen LogP contribution in [-0.2, 0) is 14.8 Å². The van der Waals surface area contributed by atoms with Gasteiger partial charge in [0.25, 0.3) is 0 Å². The maximum absolute atomic E-state index is 12.8. The van der Waals surface area contributed by atoms with Crippen LogP contribution in [0.25, 0.3) is 0 Å². The van der Waals surface area contributed by atoms with E-state index >= 15 is 0 Å². The van der Waals surface area contributed by atoms with Crippen LogP contribution in [0.15, 0.2) is 4.90 Å². The number of carbonyl (C=O) groups is 1. The Labute approximate surface area is 119 Å². The van der Waals surface area contributed by atoms with Crippen LogP contribution in [0, 0.1) is 13.8 Å². The van der Waals surface area contributed by atoms with Crippen molar-refractivity contribution in [3.63, 3.8) is 0 Å². The number of carboxylic acids is 1. The number of aromatic amines is 1. The lowest BCUT2D eigenvalue weighted by molar-refractivity contribution is -0.137. The number of sulfonamides is 1. The summed E-state index contributed by atoms with van der Waals surface area (Å²) in [6, 6.07) is 0. The van der Waals surface area contributed by atoms with Crippen molar-refractivity contribution in [2.45, 2.75) is 51.5 Å². The second-order valence-electron chi connectivity index (χ2n) is 5.65. The molecule has 8 heteroatoms. The molecular weight excluding hydrogens is 282 g/mol. The van der Waals surface area contributed by atoms with Gasteiger partial charge in [-0.3, -0.25) is 9.89 Å². The SMILES string of the molecule is Cc1n[nH]c(C)c1S(=O)(=O)N(CCC(=O)O)C(C)(C)C. The molecule has 1 rings (SSSR count). The lowest BCUT2D eigenvalue weighted by Gasteiger charge is -2.34. The molecule has 0 aliphatic carbocycles. The highest BCUT2D eigenvalue weighted by Gasteiger charge is 2.36. The Balaban J connectivity index is 3.29. The van der Waals surface area contributed by atoms with Crippen molar-refractivity contribution in [3.8, 4) is 0 Å². The smallest absolute Gasteiger partial charge is 0.304 e. The van der Waals surface area contributed by atoms with E-state index in [1.54, 1.807) is 34.6 Å². The van der Waals surface area contributed by atoms with Gasteiger partial charge in [0.2, 0.25) is 10.0 Å². The first-order valence-electron chi connectivity index (χ1n) is 6.24. The van der Waals surface area contributed by atoms with Crippen molar-refractivity contribution in [1.29, 1.82) is 0 Å². The summed E-state index contributed by atoms with van der Waals surface area (Å²) in [4.78, 5) is 10.9. The summed E-state index contributed by atoms with van der Waals surface area (Å²) in [6.07, 6.45) is -0.244. The normalized spacial score (nSPS) is 12.9. The van der Waals surface area contributed by atoms with E-state index in [1.807, 2.05) is 0 Å². The highest BCUT2D eigenvalue weighted by Crippen LogP contribution is 2.27. The minimum absolute atomic E-state index is 0.0781. The number of aliphatic carboxylic acids is 1. The van der Waals surface area contributed by atoms with Gasteiger partial charge >= 0.3 is 5.97 Å². The second-order valence-corrected chi connectivity index (χ2v) is 7.45. The number of H-pyrrole nitrogens is 1. The van der Waals surface area contributed by atoms with Crippen molar-refractivity contribution < 1.29 is 18.3 Å². The lowest BCUT2D eigenvalue weighted by atomic mass is 10.1. The summed E-state index contributed by atoms with van der Waals surface area (Å²) in [6.45, 7) is 8.36. The quantitative estimate of drug-likeness (QED) is 0.853. The fourth-order valence-corrected chi connectivity index (χ4v) is 4.17. The summed E-state index contributed by atoms with van der Waals surface area (Å²) in [5.41, 5.74) is 0.115. The molecule has 7 nitrogen and oxygen atoms in total. The molecule has 0 atom stereocenters. The number of rotatable bonds is 5. The molecule has 20 heavy (non-hydrogen) atoms. The zero-order valence-electron chi connectivity index (χ0n) is 12.4. The molecule has 0 unspecified atom stereocenters. The molecule has 0 radical (unpaired) electrons. The fourth-order valence-electron chi connectivity index (χ4n) is 2.04. The highest BCUT2D eigenvalue weighted by molar-refractivity contribution is 7.89. The molecule has 0 bridgehead atoms. The number of hydrogen-bond donors (Lipinski definition) is 2. The molecule has 0 saturated carbocycles. The van der Waals surface area contributed by atoms with Gasteiger partial charge in [0.1, 0.15) is 4.90 Å². The van der Waals surface area contributed by atoms with Gasteiger partial charge in [-0.25, -0.2) is 8.42 Å². The first-order chi connectivity index (χ1) is 8.98. The minimum Gasteiger partial charge on any atom is -0.481 e. The van der Waals surface area contributed by atoms with Gasteiger partial charge in [0.15, 0.2) is 0 Å². The minimum atomic E-state index is -3.80. The summed E-state index contributed by atoms with van der Waals surface area (Å²) in [7, 11) is -3.80. The van der Waals surface area contributed by atoms with Crippen molar-refractivity contribution in [2.75, 3.05) is 6.54 Å². The van der Waals surface area contributed by atoms with E-state index in [9.17, 15) is 13.2 Å². The Hall–Kier alpha value is -1.41. The molecule has 0 aromatic carbocycles. The number of nitrogens with one attached hydrogen (secondary N) is 1. The maximum atomic E-state index is 12.8.